The molecule has 1 fully saturated rings. The number of hydrogen-bond acceptors (Lipinski definition) is 3. The Morgan fingerprint density at radius 3 is 2.46 bits per heavy atom. The van der Waals surface area contributed by atoms with Gasteiger partial charge in [-0.3, -0.25) is 9.69 Å². The van der Waals surface area contributed by atoms with Gasteiger partial charge in [-0.1, -0.05) is 41.9 Å². The van der Waals surface area contributed by atoms with Crippen LogP contribution in [0.2, 0.25) is 5.02 Å². The average Bonchev–Trinajstić information content (AvgIpc) is 2.66. The average molecular weight is 389 g/mol. The van der Waals surface area contributed by atoms with E-state index >= 15 is 0 Å². The van der Waals surface area contributed by atoms with Gasteiger partial charge in [-0.05, 0) is 42.7 Å². The van der Waals surface area contributed by atoms with Crippen molar-refractivity contribution in [1.82, 2.24) is 10.2 Å². The molecule has 26 heavy (non-hydrogen) atoms. The molecule has 0 radical (unpaired) electrons. The highest BCUT2D eigenvalue weighted by molar-refractivity contribution is 7.99. The first kappa shape index (κ1) is 19.3. The van der Waals surface area contributed by atoms with E-state index in [9.17, 15) is 4.79 Å². The van der Waals surface area contributed by atoms with Gasteiger partial charge in [-0.15, -0.1) is 11.8 Å². The molecule has 3 nitrogen and oxygen atoms in total. The Bertz CT molecular complexity index is 685. The normalized spacial score (nSPS) is 15.7. The Morgan fingerprint density at radius 2 is 1.77 bits per heavy atom. The Kier molecular flexibility index (Phi) is 7.42. The summed E-state index contributed by atoms with van der Waals surface area (Å²) in [6, 6.07) is 18.6. The number of hydrogen-bond donors (Lipinski definition) is 1. The largest absolute Gasteiger partial charge is 0.353 e. The van der Waals surface area contributed by atoms with Gasteiger partial charge in [-0.2, -0.15) is 0 Å². The summed E-state index contributed by atoms with van der Waals surface area (Å²) >= 11 is 7.58. The molecule has 1 aliphatic heterocycles. The fraction of sp³-hybridized carbons (Fsp3) is 0.381. The minimum Gasteiger partial charge on any atom is -0.353 e. The topological polar surface area (TPSA) is 32.3 Å². The second-order valence-corrected chi connectivity index (χ2v) is 8.26. The third-order valence-corrected chi connectivity index (χ3v) is 5.88. The van der Waals surface area contributed by atoms with E-state index in [0.717, 1.165) is 48.1 Å². The Morgan fingerprint density at radius 1 is 1.08 bits per heavy atom. The van der Waals surface area contributed by atoms with E-state index < -0.39 is 0 Å². The van der Waals surface area contributed by atoms with E-state index in [-0.39, 0.29) is 5.91 Å². The SMILES string of the molecule is O=C(CCSc1ccc(Cl)cc1)NC1CCN(Cc2ccccc2)CC1. The number of thioether (sulfide) groups is 1. The number of amides is 1. The van der Waals surface area contributed by atoms with Gasteiger partial charge in [0.25, 0.3) is 0 Å². The van der Waals surface area contributed by atoms with E-state index in [1.54, 1.807) is 11.8 Å². The minimum atomic E-state index is 0.160. The van der Waals surface area contributed by atoms with Gasteiger partial charge in [0.15, 0.2) is 0 Å². The smallest absolute Gasteiger partial charge is 0.221 e. The minimum absolute atomic E-state index is 0.160. The molecule has 0 aliphatic carbocycles. The second-order valence-electron chi connectivity index (χ2n) is 6.66. The summed E-state index contributed by atoms with van der Waals surface area (Å²) in [6.07, 6.45) is 2.61. The van der Waals surface area contributed by atoms with Crippen molar-refractivity contribution in [2.45, 2.75) is 36.7 Å². The van der Waals surface area contributed by atoms with Crippen molar-refractivity contribution in [3.8, 4) is 0 Å². The lowest BCUT2D eigenvalue weighted by molar-refractivity contribution is -0.121. The maximum atomic E-state index is 12.2. The lowest BCUT2D eigenvalue weighted by Crippen LogP contribution is -2.44. The van der Waals surface area contributed by atoms with Crippen molar-refractivity contribution in [3.63, 3.8) is 0 Å². The van der Waals surface area contributed by atoms with Gasteiger partial charge in [0.2, 0.25) is 5.91 Å². The van der Waals surface area contributed by atoms with Crippen molar-refractivity contribution < 1.29 is 4.79 Å². The third-order valence-electron chi connectivity index (χ3n) is 4.61. The van der Waals surface area contributed by atoms with Crippen molar-refractivity contribution in [2.24, 2.45) is 0 Å². The summed E-state index contributed by atoms with van der Waals surface area (Å²) in [5.74, 6) is 0.952. The number of halogens is 1. The fourth-order valence-corrected chi connectivity index (χ4v) is 4.15. The molecule has 138 valence electrons. The lowest BCUT2D eigenvalue weighted by Gasteiger charge is -2.32. The van der Waals surface area contributed by atoms with Crippen LogP contribution in [0.1, 0.15) is 24.8 Å². The first-order valence-electron chi connectivity index (χ1n) is 9.13. The fourth-order valence-electron chi connectivity index (χ4n) is 3.17. The molecule has 1 heterocycles. The molecule has 0 saturated carbocycles. The second kappa shape index (κ2) is 10.0. The number of nitrogens with one attached hydrogen (secondary N) is 1. The molecule has 1 amide bonds. The number of piperidine rings is 1. The van der Waals surface area contributed by atoms with Crippen LogP contribution in [0.4, 0.5) is 0 Å². The highest BCUT2D eigenvalue weighted by Gasteiger charge is 2.20. The Labute approximate surface area is 165 Å². The number of carbonyl (C=O) groups excluding carboxylic acids is 1. The molecule has 0 atom stereocenters. The molecule has 1 N–H and O–H groups in total. The molecule has 1 saturated heterocycles. The molecular weight excluding hydrogens is 364 g/mol. The maximum Gasteiger partial charge on any atom is 0.221 e. The first-order chi connectivity index (χ1) is 12.7. The van der Waals surface area contributed by atoms with Crippen molar-refractivity contribution >= 4 is 29.3 Å². The summed E-state index contributed by atoms with van der Waals surface area (Å²) in [5.41, 5.74) is 1.36. The highest BCUT2D eigenvalue weighted by atomic mass is 35.5. The van der Waals surface area contributed by atoms with Crippen LogP contribution in [0, 0.1) is 0 Å². The molecule has 1 aliphatic rings. The quantitative estimate of drug-likeness (QED) is 0.703. The van der Waals surface area contributed by atoms with Crippen LogP contribution in [0.3, 0.4) is 0 Å². The monoisotopic (exact) mass is 388 g/mol. The van der Waals surface area contributed by atoms with Gasteiger partial charge in [0.1, 0.15) is 0 Å². The van der Waals surface area contributed by atoms with E-state index in [2.05, 4.69) is 40.5 Å². The van der Waals surface area contributed by atoms with Crippen LogP contribution in [-0.2, 0) is 11.3 Å². The number of benzene rings is 2. The van der Waals surface area contributed by atoms with Crippen molar-refractivity contribution in [2.75, 3.05) is 18.8 Å². The van der Waals surface area contributed by atoms with Crippen molar-refractivity contribution in [3.05, 3.63) is 65.2 Å². The zero-order valence-electron chi connectivity index (χ0n) is 14.9. The van der Waals surface area contributed by atoms with Gasteiger partial charge >= 0.3 is 0 Å². The van der Waals surface area contributed by atoms with Crippen LogP contribution < -0.4 is 5.32 Å². The molecule has 0 spiro atoms. The first-order valence-corrected chi connectivity index (χ1v) is 10.5. The molecular formula is C21H25ClN2OS. The van der Waals surface area contributed by atoms with E-state index in [0.29, 0.717) is 12.5 Å². The molecule has 0 aromatic heterocycles. The third kappa shape index (κ3) is 6.35. The summed E-state index contributed by atoms with van der Waals surface area (Å²) < 4.78 is 0. The molecule has 2 aromatic rings. The molecule has 0 unspecified atom stereocenters. The van der Waals surface area contributed by atoms with Gasteiger partial charge < -0.3 is 5.32 Å². The molecule has 2 aromatic carbocycles. The molecule has 5 heteroatoms. The van der Waals surface area contributed by atoms with Crippen LogP contribution >= 0.6 is 23.4 Å². The van der Waals surface area contributed by atoms with Gasteiger partial charge in [0.05, 0.1) is 0 Å². The number of rotatable bonds is 7. The lowest BCUT2D eigenvalue weighted by atomic mass is 10.0. The predicted molar refractivity (Wildman–Crippen MR) is 110 cm³/mol. The van der Waals surface area contributed by atoms with Crippen LogP contribution in [-0.4, -0.2) is 35.7 Å². The van der Waals surface area contributed by atoms with E-state index in [4.69, 9.17) is 11.6 Å². The number of nitrogens with zero attached hydrogens (tertiary/aromatic N) is 1. The van der Waals surface area contributed by atoms with Crippen LogP contribution in [0.15, 0.2) is 59.5 Å². The Balaban J connectivity index is 1.32. The van der Waals surface area contributed by atoms with Gasteiger partial charge in [0, 0.05) is 47.8 Å². The van der Waals surface area contributed by atoms with Crippen LogP contribution in [0.5, 0.6) is 0 Å². The number of likely N-dealkylation sites (tertiary alicyclic amines) is 1. The van der Waals surface area contributed by atoms with Gasteiger partial charge in [-0.25, -0.2) is 0 Å². The zero-order chi connectivity index (χ0) is 18.2. The highest BCUT2D eigenvalue weighted by Crippen LogP contribution is 2.21. The summed E-state index contributed by atoms with van der Waals surface area (Å²) in [5, 5.41) is 3.94. The van der Waals surface area contributed by atoms with E-state index in [1.165, 1.54) is 5.56 Å². The standard InChI is InChI=1S/C21H25ClN2OS/c22-18-6-8-20(9-7-18)26-15-12-21(25)23-19-10-13-24(14-11-19)16-17-4-2-1-3-5-17/h1-9,19H,10-16H2,(H,23,25). The Hall–Kier alpha value is -1.49. The van der Waals surface area contributed by atoms with Crippen LogP contribution in [0.25, 0.3) is 0 Å². The van der Waals surface area contributed by atoms with E-state index in [1.807, 2.05) is 24.3 Å². The molecule has 0 bridgehead atoms. The summed E-state index contributed by atoms with van der Waals surface area (Å²) in [4.78, 5) is 15.8. The zero-order valence-corrected chi connectivity index (χ0v) is 16.4. The maximum absolute atomic E-state index is 12.2. The van der Waals surface area contributed by atoms with Crippen molar-refractivity contribution in [1.29, 1.82) is 0 Å². The summed E-state index contributed by atoms with van der Waals surface area (Å²) in [6.45, 7) is 3.08. The number of carbonyl (C=O) groups is 1. The predicted octanol–water partition coefficient (Wildman–Crippen LogP) is 4.60. The molecule has 3 rings (SSSR count). The summed E-state index contributed by atoms with van der Waals surface area (Å²) in [7, 11) is 0.